The van der Waals surface area contributed by atoms with Gasteiger partial charge < -0.3 is 4.74 Å². The van der Waals surface area contributed by atoms with Gasteiger partial charge in [-0.15, -0.1) is 0 Å². The summed E-state index contributed by atoms with van der Waals surface area (Å²) in [5, 5.41) is 9.01. The first-order chi connectivity index (χ1) is 6.51. The van der Waals surface area contributed by atoms with Crippen LogP contribution in [0, 0.1) is 18.3 Å². The fraction of sp³-hybridized carbons (Fsp3) is 0.455. The number of methoxy groups -OCH3 is 1. The average Bonchev–Trinajstić information content (AvgIpc) is 2.18. The highest BCUT2D eigenvalue weighted by Crippen LogP contribution is 2.29. The quantitative estimate of drug-likeness (QED) is 0.718. The summed E-state index contributed by atoms with van der Waals surface area (Å²) in [6.45, 7) is 5.56. The third-order valence-electron chi connectivity index (χ3n) is 2.09. The monoisotopic (exact) mass is 190 g/mol. The Balaban J connectivity index is 3.32. The molecule has 1 heterocycles. The van der Waals surface area contributed by atoms with E-state index in [0.717, 1.165) is 5.69 Å². The molecular formula is C11H14N2O. The molecule has 0 aromatic carbocycles. The lowest BCUT2D eigenvalue weighted by molar-refractivity contribution is 0.398. The zero-order chi connectivity index (χ0) is 10.8. The van der Waals surface area contributed by atoms with E-state index >= 15 is 0 Å². The van der Waals surface area contributed by atoms with Crippen LogP contribution in [0.15, 0.2) is 12.1 Å². The highest BCUT2D eigenvalue weighted by atomic mass is 16.5. The Morgan fingerprint density at radius 1 is 1.43 bits per heavy atom. The Labute approximate surface area is 84.3 Å². The normalized spacial score (nSPS) is 10.8. The zero-order valence-electron chi connectivity index (χ0n) is 8.96. The molecule has 0 aliphatic heterocycles. The molecule has 0 fully saturated rings. The van der Waals surface area contributed by atoms with Gasteiger partial charge in [-0.25, -0.2) is 0 Å². The average molecular weight is 190 g/mol. The summed E-state index contributed by atoms with van der Waals surface area (Å²) in [5.41, 5.74) is 0.976. The van der Waals surface area contributed by atoms with Crippen LogP contribution >= 0.6 is 0 Å². The number of hydrogen-bond donors (Lipinski definition) is 0. The summed E-state index contributed by atoms with van der Waals surface area (Å²) in [5.74, 6) is 0.669. The van der Waals surface area contributed by atoms with Gasteiger partial charge in [0.05, 0.1) is 18.6 Å². The van der Waals surface area contributed by atoms with E-state index in [4.69, 9.17) is 10.00 Å². The number of aromatic nitrogens is 1. The first-order valence-electron chi connectivity index (χ1n) is 4.44. The van der Waals surface area contributed by atoms with E-state index in [1.165, 1.54) is 0 Å². The van der Waals surface area contributed by atoms with Gasteiger partial charge in [0.2, 0.25) is 0 Å². The first kappa shape index (κ1) is 10.5. The van der Waals surface area contributed by atoms with Crippen LogP contribution in [-0.4, -0.2) is 12.1 Å². The van der Waals surface area contributed by atoms with Crippen molar-refractivity contribution in [2.75, 3.05) is 7.11 Å². The summed E-state index contributed by atoms with van der Waals surface area (Å²) in [6, 6.07) is 5.93. The van der Waals surface area contributed by atoms with E-state index in [9.17, 15) is 0 Å². The van der Waals surface area contributed by atoms with Gasteiger partial charge in [0.1, 0.15) is 11.4 Å². The van der Waals surface area contributed by atoms with Crippen molar-refractivity contribution in [3.8, 4) is 11.8 Å². The summed E-state index contributed by atoms with van der Waals surface area (Å²) < 4.78 is 5.17. The lowest BCUT2D eigenvalue weighted by atomic mass is 9.90. The van der Waals surface area contributed by atoms with Gasteiger partial charge in [-0.1, -0.05) is 0 Å². The molecule has 1 aromatic heterocycles. The fourth-order valence-corrected chi connectivity index (χ4v) is 1.21. The maximum absolute atomic E-state index is 9.01. The summed E-state index contributed by atoms with van der Waals surface area (Å²) in [6.07, 6.45) is 0. The third kappa shape index (κ3) is 1.85. The highest BCUT2D eigenvalue weighted by molar-refractivity contribution is 5.38. The van der Waals surface area contributed by atoms with Crippen molar-refractivity contribution in [3.05, 3.63) is 23.5 Å². The van der Waals surface area contributed by atoms with Gasteiger partial charge >= 0.3 is 0 Å². The number of nitriles is 1. The zero-order valence-corrected chi connectivity index (χ0v) is 8.96. The van der Waals surface area contributed by atoms with Crippen molar-refractivity contribution in [1.29, 1.82) is 5.26 Å². The Hall–Kier alpha value is -1.56. The van der Waals surface area contributed by atoms with Gasteiger partial charge in [-0.3, -0.25) is 4.98 Å². The highest BCUT2D eigenvalue weighted by Gasteiger charge is 2.25. The number of pyridine rings is 1. The topological polar surface area (TPSA) is 45.9 Å². The van der Waals surface area contributed by atoms with E-state index in [0.29, 0.717) is 11.4 Å². The fourth-order valence-electron chi connectivity index (χ4n) is 1.21. The molecule has 3 nitrogen and oxygen atoms in total. The van der Waals surface area contributed by atoms with Crippen LogP contribution in [0.4, 0.5) is 0 Å². The van der Waals surface area contributed by atoms with Gasteiger partial charge in [-0.05, 0) is 32.9 Å². The minimum absolute atomic E-state index is 0.614. The minimum Gasteiger partial charge on any atom is -0.495 e. The maximum Gasteiger partial charge on any atom is 0.142 e. The molecule has 0 unspecified atom stereocenters. The van der Waals surface area contributed by atoms with Gasteiger partial charge in [0, 0.05) is 5.69 Å². The van der Waals surface area contributed by atoms with Crippen molar-refractivity contribution in [2.45, 2.75) is 26.2 Å². The second-order valence-corrected chi connectivity index (χ2v) is 3.74. The van der Waals surface area contributed by atoms with Gasteiger partial charge in [0.25, 0.3) is 0 Å². The second-order valence-electron chi connectivity index (χ2n) is 3.74. The molecule has 1 rings (SSSR count). The van der Waals surface area contributed by atoms with E-state index in [1.807, 2.05) is 32.9 Å². The molecule has 0 spiro atoms. The maximum atomic E-state index is 9.01. The molecule has 0 N–H and O–H groups in total. The standard InChI is InChI=1S/C11H14N2O/c1-8-5-6-9(14-4)10(13-8)11(2,3)7-12/h5-6H,1-4H3. The molecule has 0 bridgehead atoms. The number of rotatable bonds is 2. The minimum atomic E-state index is -0.614. The predicted molar refractivity (Wildman–Crippen MR) is 54.2 cm³/mol. The van der Waals surface area contributed by atoms with Crippen LogP contribution in [0.1, 0.15) is 25.2 Å². The molecule has 0 atom stereocenters. The van der Waals surface area contributed by atoms with E-state index in [1.54, 1.807) is 7.11 Å². The third-order valence-corrected chi connectivity index (χ3v) is 2.09. The molecule has 0 aliphatic rings. The summed E-state index contributed by atoms with van der Waals surface area (Å²) in [7, 11) is 1.59. The lowest BCUT2D eigenvalue weighted by Crippen LogP contribution is -2.17. The molecule has 0 amide bonds. The Bertz CT molecular complexity index is 377. The number of hydrogen-bond acceptors (Lipinski definition) is 3. The summed E-state index contributed by atoms with van der Waals surface area (Å²) >= 11 is 0. The van der Waals surface area contributed by atoms with Crippen molar-refractivity contribution >= 4 is 0 Å². The van der Waals surface area contributed by atoms with Crippen LogP contribution in [0.5, 0.6) is 5.75 Å². The molecule has 0 saturated heterocycles. The SMILES string of the molecule is COc1ccc(C)nc1C(C)(C)C#N. The van der Waals surface area contributed by atoms with Crippen LogP contribution in [0.25, 0.3) is 0 Å². The second kappa shape index (κ2) is 3.67. The Morgan fingerprint density at radius 2 is 2.07 bits per heavy atom. The molecule has 0 saturated carbocycles. The van der Waals surface area contributed by atoms with Crippen LogP contribution in [0.3, 0.4) is 0 Å². The molecular weight excluding hydrogens is 176 g/mol. The molecule has 0 aliphatic carbocycles. The first-order valence-corrected chi connectivity index (χ1v) is 4.44. The number of aryl methyl sites for hydroxylation is 1. The molecule has 3 heteroatoms. The lowest BCUT2D eigenvalue weighted by Gasteiger charge is -2.18. The van der Waals surface area contributed by atoms with E-state index in [-0.39, 0.29) is 0 Å². The smallest absolute Gasteiger partial charge is 0.142 e. The summed E-state index contributed by atoms with van der Waals surface area (Å²) in [4.78, 5) is 4.34. The van der Waals surface area contributed by atoms with Crippen LogP contribution in [-0.2, 0) is 5.41 Å². The largest absolute Gasteiger partial charge is 0.495 e. The molecule has 14 heavy (non-hydrogen) atoms. The van der Waals surface area contributed by atoms with Crippen molar-refractivity contribution in [2.24, 2.45) is 0 Å². The number of nitrogens with zero attached hydrogens (tertiary/aromatic N) is 2. The van der Waals surface area contributed by atoms with Gasteiger partial charge in [0.15, 0.2) is 0 Å². The van der Waals surface area contributed by atoms with Crippen LogP contribution in [0.2, 0.25) is 0 Å². The van der Waals surface area contributed by atoms with E-state index in [2.05, 4.69) is 11.1 Å². The molecule has 1 aromatic rings. The van der Waals surface area contributed by atoms with E-state index < -0.39 is 5.41 Å². The molecule has 0 radical (unpaired) electrons. The van der Waals surface area contributed by atoms with Crippen LogP contribution < -0.4 is 4.74 Å². The molecule has 74 valence electrons. The predicted octanol–water partition coefficient (Wildman–Crippen LogP) is 2.20. The van der Waals surface area contributed by atoms with Crippen molar-refractivity contribution < 1.29 is 4.74 Å². The van der Waals surface area contributed by atoms with Crippen molar-refractivity contribution in [3.63, 3.8) is 0 Å². The Kier molecular flexibility index (Phi) is 2.76. The number of ether oxygens (including phenoxy) is 1. The van der Waals surface area contributed by atoms with Gasteiger partial charge in [-0.2, -0.15) is 5.26 Å². The van der Waals surface area contributed by atoms with Crippen molar-refractivity contribution in [1.82, 2.24) is 4.98 Å². The Morgan fingerprint density at radius 3 is 2.57 bits per heavy atom.